The van der Waals surface area contributed by atoms with Gasteiger partial charge < -0.3 is 25.5 Å². The number of hydrogen-bond acceptors (Lipinski definition) is 5. The fraction of sp³-hybridized carbons (Fsp3) is 0.481. The van der Waals surface area contributed by atoms with Crippen molar-refractivity contribution in [2.24, 2.45) is 11.8 Å². The van der Waals surface area contributed by atoms with Crippen LogP contribution in [0, 0.1) is 18.8 Å². The summed E-state index contributed by atoms with van der Waals surface area (Å²) in [5.41, 5.74) is 2.48. The number of carboxylic acid groups (broad SMARTS) is 1. The number of halogens is 2. The van der Waals surface area contributed by atoms with Crippen LogP contribution in [0.25, 0.3) is 22.3 Å². The Kier molecular flexibility index (Phi) is 7.18. The third-order valence-corrected chi connectivity index (χ3v) is 7.49. The van der Waals surface area contributed by atoms with Crippen LogP contribution in [0.1, 0.15) is 67.1 Å². The summed E-state index contributed by atoms with van der Waals surface area (Å²) in [6, 6.07) is 4.03. The van der Waals surface area contributed by atoms with Crippen molar-refractivity contribution in [1.82, 2.24) is 25.6 Å². The number of nitrogens with one attached hydrogen (secondary N) is 3. The summed E-state index contributed by atoms with van der Waals surface area (Å²) >= 11 is 0. The summed E-state index contributed by atoms with van der Waals surface area (Å²) in [5, 5.41) is 14.6. The van der Waals surface area contributed by atoms with Gasteiger partial charge in [-0.05, 0) is 69.1 Å². The Morgan fingerprint density at radius 1 is 1.18 bits per heavy atom. The van der Waals surface area contributed by atoms with Crippen LogP contribution in [0.4, 0.5) is 13.6 Å². The lowest BCUT2D eigenvalue weighted by atomic mass is 9.82. The molecule has 0 bridgehead atoms. The summed E-state index contributed by atoms with van der Waals surface area (Å²) < 4.78 is 33.1. The summed E-state index contributed by atoms with van der Waals surface area (Å²) in [4.78, 5) is 36.4. The van der Waals surface area contributed by atoms with Gasteiger partial charge in [-0.2, -0.15) is 0 Å². The zero-order chi connectivity index (χ0) is 27.0. The van der Waals surface area contributed by atoms with Gasteiger partial charge in [0.05, 0.1) is 17.7 Å². The van der Waals surface area contributed by atoms with Crippen LogP contribution in [0.5, 0.6) is 5.75 Å². The summed E-state index contributed by atoms with van der Waals surface area (Å²) in [5.74, 6) is 0.707. The average molecular weight is 528 g/mol. The first-order chi connectivity index (χ1) is 18.2. The molecule has 2 aliphatic carbocycles. The minimum absolute atomic E-state index is 0.0727. The van der Waals surface area contributed by atoms with Gasteiger partial charge in [-0.25, -0.2) is 23.5 Å². The van der Waals surface area contributed by atoms with Crippen LogP contribution in [0.3, 0.4) is 0 Å². The van der Waals surface area contributed by atoms with Crippen LogP contribution in [-0.4, -0.2) is 50.7 Å². The maximum absolute atomic E-state index is 13.6. The SMILES string of the molecule is Cc1[nH]c2c(-c3cc(C(F)F)ccc3OCC3CC3)ncnc2c1C(=O)N[C@H]1CC[C@H](NC(=O)O)C[C@@H]1C. The third-order valence-electron chi connectivity index (χ3n) is 7.49. The molecule has 0 unspecified atom stereocenters. The zero-order valence-corrected chi connectivity index (χ0v) is 21.3. The van der Waals surface area contributed by atoms with Crippen LogP contribution >= 0.6 is 0 Å². The number of alkyl halides is 2. The van der Waals surface area contributed by atoms with Crippen LogP contribution in [-0.2, 0) is 0 Å². The number of fused-ring (bicyclic) bond motifs is 1. The predicted octanol–water partition coefficient (Wildman–Crippen LogP) is 5.21. The van der Waals surface area contributed by atoms with Gasteiger partial charge in [0.1, 0.15) is 23.3 Å². The highest BCUT2D eigenvalue weighted by atomic mass is 19.3. The molecule has 0 spiro atoms. The minimum atomic E-state index is -2.65. The Hall–Kier alpha value is -3.76. The normalized spacial score (nSPS) is 21.4. The van der Waals surface area contributed by atoms with Gasteiger partial charge in [-0.1, -0.05) is 6.92 Å². The second-order valence-electron chi connectivity index (χ2n) is 10.4. The van der Waals surface area contributed by atoms with Crippen molar-refractivity contribution in [1.29, 1.82) is 0 Å². The molecule has 4 N–H and O–H groups in total. The number of benzene rings is 1. The second kappa shape index (κ2) is 10.5. The quantitative estimate of drug-likeness (QED) is 0.318. The standard InChI is InChI=1S/C27H31F2N5O4/c1-13-9-17(33-27(36)37)6-7-19(13)34-26(35)21-14(2)32-24-22(30-12-31-23(21)24)18-10-16(25(28)29)5-8-20(18)38-11-15-3-4-15/h5,8,10,12-13,15,17,19,25,32-33H,3-4,6-7,9,11H2,1-2H3,(H,34,35)(H,36,37)/t13-,17-,19-/m0/s1. The molecular weight excluding hydrogens is 496 g/mol. The summed E-state index contributed by atoms with van der Waals surface area (Å²) in [6.45, 7) is 4.26. The first kappa shape index (κ1) is 25.9. The van der Waals surface area contributed by atoms with Crippen LogP contribution in [0.2, 0.25) is 0 Å². The molecule has 2 aliphatic rings. The molecule has 9 nitrogen and oxygen atoms in total. The first-order valence-corrected chi connectivity index (χ1v) is 12.9. The lowest BCUT2D eigenvalue weighted by molar-refractivity contribution is 0.0901. The van der Waals surface area contributed by atoms with E-state index in [0.717, 1.165) is 12.8 Å². The molecule has 11 heteroatoms. The number of amides is 2. The predicted molar refractivity (Wildman–Crippen MR) is 136 cm³/mol. The van der Waals surface area contributed by atoms with Gasteiger partial charge in [0.2, 0.25) is 0 Å². The van der Waals surface area contributed by atoms with Gasteiger partial charge in [-0.15, -0.1) is 0 Å². The number of aromatic nitrogens is 3. The molecule has 2 fully saturated rings. The number of ether oxygens (including phenoxy) is 1. The van der Waals surface area contributed by atoms with Crippen molar-refractivity contribution >= 4 is 23.0 Å². The van der Waals surface area contributed by atoms with E-state index in [-0.39, 0.29) is 29.5 Å². The molecule has 0 saturated heterocycles. The highest BCUT2D eigenvalue weighted by Gasteiger charge is 2.31. The number of hydrogen-bond donors (Lipinski definition) is 4. The lowest BCUT2D eigenvalue weighted by Crippen LogP contribution is -2.47. The van der Waals surface area contributed by atoms with E-state index in [2.05, 4.69) is 25.6 Å². The van der Waals surface area contributed by atoms with E-state index in [1.165, 1.54) is 18.5 Å². The van der Waals surface area contributed by atoms with Crippen molar-refractivity contribution in [3.63, 3.8) is 0 Å². The molecule has 2 heterocycles. The molecule has 202 valence electrons. The lowest BCUT2D eigenvalue weighted by Gasteiger charge is -2.34. The number of H-pyrrole nitrogens is 1. The highest BCUT2D eigenvalue weighted by Crippen LogP contribution is 2.38. The van der Waals surface area contributed by atoms with Crippen molar-refractivity contribution in [3.8, 4) is 17.0 Å². The Labute approximate surface area is 218 Å². The fourth-order valence-corrected chi connectivity index (χ4v) is 5.25. The third kappa shape index (κ3) is 5.41. The summed E-state index contributed by atoms with van der Waals surface area (Å²) in [7, 11) is 0. The largest absolute Gasteiger partial charge is 0.493 e. The second-order valence-corrected chi connectivity index (χ2v) is 10.4. The van der Waals surface area contributed by atoms with Crippen molar-refractivity contribution in [3.05, 3.63) is 41.3 Å². The Morgan fingerprint density at radius 2 is 1.97 bits per heavy atom. The number of aromatic amines is 1. The minimum Gasteiger partial charge on any atom is -0.493 e. The molecule has 2 aromatic heterocycles. The van der Waals surface area contributed by atoms with Gasteiger partial charge in [-0.3, -0.25) is 4.79 Å². The van der Waals surface area contributed by atoms with Crippen molar-refractivity contribution in [2.75, 3.05) is 6.61 Å². The van der Waals surface area contributed by atoms with Crippen LogP contribution < -0.4 is 15.4 Å². The molecule has 2 amide bonds. The van der Waals surface area contributed by atoms with E-state index in [0.29, 0.717) is 71.1 Å². The Morgan fingerprint density at radius 3 is 2.66 bits per heavy atom. The number of nitrogens with zero attached hydrogens (tertiary/aromatic N) is 2. The molecule has 1 aromatic carbocycles. The van der Waals surface area contributed by atoms with Gasteiger partial charge in [0, 0.05) is 28.9 Å². The summed E-state index contributed by atoms with van der Waals surface area (Å²) in [6.07, 6.45) is 1.70. The highest BCUT2D eigenvalue weighted by molar-refractivity contribution is 6.09. The average Bonchev–Trinajstić information content (AvgIpc) is 3.63. The van der Waals surface area contributed by atoms with Crippen molar-refractivity contribution in [2.45, 2.75) is 64.5 Å². The Balaban J connectivity index is 1.44. The van der Waals surface area contributed by atoms with Gasteiger partial charge in [0.15, 0.2) is 0 Å². The molecule has 38 heavy (non-hydrogen) atoms. The zero-order valence-electron chi connectivity index (χ0n) is 21.3. The maximum atomic E-state index is 13.6. The van der Waals surface area contributed by atoms with E-state index in [1.54, 1.807) is 13.0 Å². The molecule has 5 rings (SSSR count). The van der Waals surface area contributed by atoms with Crippen LogP contribution in [0.15, 0.2) is 24.5 Å². The Bertz CT molecular complexity index is 1360. The van der Waals surface area contributed by atoms with E-state index in [1.807, 2.05) is 6.92 Å². The van der Waals surface area contributed by atoms with Crippen molar-refractivity contribution < 1.29 is 28.2 Å². The molecule has 2 saturated carbocycles. The fourth-order valence-electron chi connectivity index (χ4n) is 5.25. The monoisotopic (exact) mass is 527 g/mol. The van der Waals surface area contributed by atoms with Gasteiger partial charge in [0.25, 0.3) is 12.3 Å². The molecule has 0 aliphatic heterocycles. The van der Waals surface area contributed by atoms with E-state index < -0.39 is 12.5 Å². The van der Waals surface area contributed by atoms with E-state index in [4.69, 9.17) is 9.84 Å². The topological polar surface area (TPSA) is 129 Å². The first-order valence-electron chi connectivity index (χ1n) is 12.9. The number of carbonyl (C=O) groups excluding carboxylic acids is 1. The smallest absolute Gasteiger partial charge is 0.404 e. The number of rotatable bonds is 8. The number of aryl methyl sites for hydroxylation is 1. The van der Waals surface area contributed by atoms with E-state index >= 15 is 0 Å². The maximum Gasteiger partial charge on any atom is 0.404 e. The number of carbonyl (C=O) groups is 2. The molecule has 3 aromatic rings. The van der Waals surface area contributed by atoms with Gasteiger partial charge >= 0.3 is 6.09 Å². The van der Waals surface area contributed by atoms with E-state index in [9.17, 15) is 18.4 Å². The molecular formula is C27H31F2N5O4. The molecule has 3 atom stereocenters. The molecule has 0 radical (unpaired) electrons.